The highest BCUT2D eigenvalue weighted by Gasteiger charge is 2.74. The number of benzene rings is 1. The maximum atomic E-state index is 14.1. The molecule has 51 heavy (non-hydrogen) atoms. The summed E-state index contributed by atoms with van der Waals surface area (Å²) < 4.78 is 209. The van der Waals surface area contributed by atoms with Gasteiger partial charge in [-0.05, 0) is 30.7 Å². The van der Waals surface area contributed by atoms with Gasteiger partial charge in [0, 0.05) is 12.2 Å². The Balaban J connectivity index is 1.78. The average Bonchev–Trinajstić information content (AvgIpc) is 2.99. The molecule has 0 radical (unpaired) electrons. The van der Waals surface area contributed by atoms with Crippen LogP contribution < -0.4 is 9.47 Å². The van der Waals surface area contributed by atoms with E-state index in [9.17, 15) is 61.5 Å². The third-order valence-corrected chi connectivity index (χ3v) is 5.83. The van der Waals surface area contributed by atoms with E-state index in [1.165, 1.54) is 36.7 Å². The molecular weight excluding hydrogens is 742 g/mol. The molecule has 2 aromatic rings. The molecule has 0 amide bonds. The fraction of sp³-hybridized carbons (Fsp3) is 0.643. The van der Waals surface area contributed by atoms with Gasteiger partial charge in [-0.25, -0.2) is 28.6 Å². The second-order valence-corrected chi connectivity index (χ2v) is 10.2. The van der Waals surface area contributed by atoms with E-state index in [2.05, 4.69) is 26.4 Å². The first-order chi connectivity index (χ1) is 23.5. The molecule has 0 saturated heterocycles. The second-order valence-electron chi connectivity index (χ2n) is 10.2. The summed E-state index contributed by atoms with van der Waals surface area (Å²) in [7, 11) is 0. The standard InChI is InChI=1S/C28H30F14N2O7/c1-2-3-4-5-10-45-11-12-47-21-13-43-22(44-14-21)18-6-8-20(9-7-18)48-16-19(29)15-46-17-23(30,31)49-24(32,33)25(34,35)50-26(36,37)27(38,39)51-28(40,41)42/h6-9,13-14,19H,2-5,10-12,15-17H2,1H3/t19-/m0/s1. The smallest absolute Gasteiger partial charge is 0.490 e. The molecule has 292 valence electrons. The van der Waals surface area contributed by atoms with Crippen molar-refractivity contribution in [3.8, 4) is 22.9 Å². The number of unbranched alkanes of at least 4 members (excludes halogenated alkanes) is 3. The Labute approximate surface area is 280 Å². The number of aromatic nitrogens is 2. The Morgan fingerprint density at radius 1 is 0.588 bits per heavy atom. The number of hydrogen-bond acceptors (Lipinski definition) is 9. The molecule has 0 aliphatic rings. The lowest BCUT2D eigenvalue weighted by molar-refractivity contribution is -0.564. The molecule has 9 nitrogen and oxygen atoms in total. The van der Waals surface area contributed by atoms with Crippen LogP contribution in [0.1, 0.15) is 32.6 Å². The predicted octanol–water partition coefficient (Wildman–Crippen LogP) is 8.39. The van der Waals surface area contributed by atoms with Crippen molar-refractivity contribution >= 4 is 0 Å². The molecule has 1 heterocycles. The Morgan fingerprint density at radius 3 is 1.73 bits per heavy atom. The van der Waals surface area contributed by atoms with Crippen LogP contribution in [0.4, 0.5) is 61.5 Å². The van der Waals surface area contributed by atoms with Crippen LogP contribution in [0.5, 0.6) is 11.5 Å². The van der Waals surface area contributed by atoms with E-state index in [0.717, 1.165) is 25.7 Å². The molecule has 1 atom stereocenters. The summed E-state index contributed by atoms with van der Waals surface area (Å²) >= 11 is 0. The van der Waals surface area contributed by atoms with Crippen molar-refractivity contribution in [2.45, 2.75) is 75.7 Å². The Morgan fingerprint density at radius 2 is 1.16 bits per heavy atom. The molecule has 1 aromatic carbocycles. The minimum atomic E-state index is -7.16. The highest BCUT2D eigenvalue weighted by molar-refractivity contribution is 5.56. The second kappa shape index (κ2) is 18.5. The Kier molecular flexibility index (Phi) is 15.9. The zero-order valence-electron chi connectivity index (χ0n) is 26.2. The maximum Gasteiger partial charge on any atom is 0.527 e. The van der Waals surface area contributed by atoms with Crippen LogP contribution in [-0.4, -0.2) is 92.7 Å². The SMILES string of the molecule is CCCCCCOCCOc1cnc(-c2ccc(OC[C@@H](F)COCC(F)(F)OC(F)(F)C(F)(F)OC(F)(F)C(F)(F)OC(F)(F)F)cc2)nc1. The predicted molar refractivity (Wildman–Crippen MR) is 143 cm³/mol. The maximum absolute atomic E-state index is 14.1. The average molecular weight is 773 g/mol. The molecule has 23 heteroatoms. The van der Waals surface area contributed by atoms with Crippen LogP contribution in [-0.2, 0) is 23.7 Å². The molecule has 0 unspecified atom stereocenters. The summed E-state index contributed by atoms with van der Waals surface area (Å²) in [6.45, 7) is -1.27. The quantitative estimate of drug-likeness (QED) is 0.0772. The fourth-order valence-corrected chi connectivity index (χ4v) is 3.49. The summed E-state index contributed by atoms with van der Waals surface area (Å²) in [4.78, 5) is 8.32. The number of hydrogen-bond donors (Lipinski definition) is 0. The molecule has 0 bridgehead atoms. The highest BCUT2D eigenvalue weighted by atomic mass is 19.4. The lowest BCUT2D eigenvalue weighted by atomic mass is 10.2. The zero-order chi connectivity index (χ0) is 38.6. The number of nitrogens with zero attached hydrogens (tertiary/aromatic N) is 2. The summed E-state index contributed by atoms with van der Waals surface area (Å²) in [5, 5.41) is 0. The van der Waals surface area contributed by atoms with Gasteiger partial charge in [0.15, 0.2) is 17.7 Å². The molecule has 1 aromatic heterocycles. The van der Waals surface area contributed by atoms with Gasteiger partial charge in [0.1, 0.15) is 25.6 Å². The van der Waals surface area contributed by atoms with E-state index in [4.69, 9.17) is 14.2 Å². The molecular formula is C28H30F14N2O7. The van der Waals surface area contributed by atoms with Crippen molar-refractivity contribution in [3.05, 3.63) is 36.7 Å². The van der Waals surface area contributed by atoms with Gasteiger partial charge in [-0.1, -0.05) is 26.2 Å². The number of halogens is 14. The highest BCUT2D eigenvalue weighted by Crippen LogP contribution is 2.48. The summed E-state index contributed by atoms with van der Waals surface area (Å²) in [5.74, 6) is 0.702. The minimum absolute atomic E-state index is 0.0367. The van der Waals surface area contributed by atoms with Crippen LogP contribution >= 0.6 is 0 Å². The largest absolute Gasteiger partial charge is 0.527 e. The lowest BCUT2D eigenvalue weighted by Gasteiger charge is -2.33. The third kappa shape index (κ3) is 15.1. The molecule has 0 saturated carbocycles. The molecule has 0 aliphatic carbocycles. The van der Waals surface area contributed by atoms with Crippen molar-refractivity contribution < 1.29 is 94.6 Å². The van der Waals surface area contributed by atoms with Crippen molar-refractivity contribution in [2.75, 3.05) is 39.6 Å². The van der Waals surface area contributed by atoms with E-state index < -0.39 is 62.9 Å². The van der Waals surface area contributed by atoms with Gasteiger partial charge in [0.2, 0.25) is 0 Å². The first kappa shape index (κ1) is 43.9. The molecule has 0 aliphatic heterocycles. The molecule has 2 rings (SSSR count). The van der Waals surface area contributed by atoms with Crippen molar-refractivity contribution in [1.82, 2.24) is 9.97 Å². The van der Waals surface area contributed by atoms with Crippen molar-refractivity contribution in [2.24, 2.45) is 0 Å². The number of ether oxygens (including phenoxy) is 7. The molecule has 0 spiro atoms. The monoisotopic (exact) mass is 772 g/mol. The van der Waals surface area contributed by atoms with Crippen LogP contribution in [0.2, 0.25) is 0 Å². The van der Waals surface area contributed by atoms with Crippen molar-refractivity contribution in [3.63, 3.8) is 0 Å². The van der Waals surface area contributed by atoms with Crippen molar-refractivity contribution in [1.29, 1.82) is 0 Å². The van der Waals surface area contributed by atoms with Gasteiger partial charge in [0.05, 0.1) is 25.6 Å². The van der Waals surface area contributed by atoms with Crippen LogP contribution in [0, 0.1) is 0 Å². The van der Waals surface area contributed by atoms with E-state index >= 15 is 0 Å². The number of rotatable bonds is 24. The van der Waals surface area contributed by atoms with Gasteiger partial charge >= 0.3 is 36.9 Å². The minimum Gasteiger partial charge on any atom is -0.490 e. The Bertz CT molecular complexity index is 1300. The number of alkyl halides is 14. The van der Waals surface area contributed by atoms with E-state index in [1.807, 2.05) is 0 Å². The first-order valence-electron chi connectivity index (χ1n) is 14.5. The van der Waals surface area contributed by atoms with E-state index in [1.54, 1.807) is 9.47 Å². The topological polar surface area (TPSA) is 90.4 Å². The zero-order valence-corrected chi connectivity index (χ0v) is 26.2. The lowest BCUT2D eigenvalue weighted by Crippen LogP contribution is -2.57. The van der Waals surface area contributed by atoms with Gasteiger partial charge in [-0.3, -0.25) is 0 Å². The molecule has 0 fully saturated rings. The van der Waals surface area contributed by atoms with Crippen LogP contribution in [0.15, 0.2) is 36.7 Å². The van der Waals surface area contributed by atoms with Gasteiger partial charge in [-0.15, -0.1) is 13.2 Å². The third-order valence-electron chi connectivity index (χ3n) is 5.83. The van der Waals surface area contributed by atoms with Gasteiger partial charge < -0.3 is 18.9 Å². The van der Waals surface area contributed by atoms with Gasteiger partial charge in [0.25, 0.3) is 0 Å². The van der Waals surface area contributed by atoms with E-state index in [-0.39, 0.29) is 18.2 Å². The Hall–Kier alpha value is -3.28. The summed E-state index contributed by atoms with van der Waals surface area (Å²) in [6.07, 6.45) is -35.5. The fourth-order valence-electron chi connectivity index (χ4n) is 3.49. The normalized spacial score (nSPS) is 14.1. The van der Waals surface area contributed by atoms with Gasteiger partial charge in [-0.2, -0.15) is 43.9 Å². The first-order valence-corrected chi connectivity index (χ1v) is 14.5. The van der Waals surface area contributed by atoms with E-state index in [0.29, 0.717) is 24.5 Å². The van der Waals surface area contributed by atoms with Crippen LogP contribution in [0.3, 0.4) is 0 Å². The molecule has 0 N–H and O–H groups in total. The summed E-state index contributed by atoms with van der Waals surface area (Å²) in [5.41, 5.74) is 0.492. The summed E-state index contributed by atoms with van der Waals surface area (Å²) in [6, 6.07) is 5.63. The van der Waals surface area contributed by atoms with Crippen LogP contribution in [0.25, 0.3) is 11.4 Å².